The van der Waals surface area contributed by atoms with Gasteiger partial charge in [0, 0.05) is 11.6 Å². The lowest BCUT2D eigenvalue weighted by Crippen LogP contribution is -2.10. The highest BCUT2D eigenvalue weighted by Crippen LogP contribution is 2.22. The molecular weight excluding hydrogens is 276 g/mol. The molecule has 1 N–H and O–H groups in total. The summed E-state index contributed by atoms with van der Waals surface area (Å²) < 4.78 is 0. The molecule has 0 bridgehead atoms. The number of carbonyl (C=O) groups is 2. The monoisotopic (exact) mass is 306 g/mol. The highest BCUT2D eigenvalue weighted by molar-refractivity contribution is 6.10. The lowest BCUT2D eigenvalue weighted by atomic mass is 9.91. The summed E-state index contributed by atoms with van der Waals surface area (Å²) in [6, 6.07) is 0. The van der Waals surface area contributed by atoms with Gasteiger partial charge in [0.1, 0.15) is 0 Å². The maximum atomic E-state index is 12.6. The van der Waals surface area contributed by atoms with Crippen molar-refractivity contribution >= 4 is 11.8 Å². The highest BCUT2D eigenvalue weighted by atomic mass is 16.4. The van der Waals surface area contributed by atoms with E-state index in [1.54, 1.807) is 0 Å². The summed E-state index contributed by atoms with van der Waals surface area (Å²) in [5, 5.41) is 9.02. The number of hydrogen-bond acceptors (Lipinski definition) is 2. The first-order chi connectivity index (χ1) is 10.6. The Labute approximate surface area is 134 Å². The third-order valence-electron chi connectivity index (χ3n) is 4.22. The topological polar surface area (TPSA) is 54.4 Å². The van der Waals surface area contributed by atoms with Crippen LogP contribution in [0.3, 0.4) is 0 Å². The zero-order valence-corrected chi connectivity index (χ0v) is 13.9. The van der Waals surface area contributed by atoms with E-state index in [2.05, 4.69) is 6.92 Å². The van der Waals surface area contributed by atoms with Crippen LogP contribution in [0.5, 0.6) is 0 Å². The van der Waals surface area contributed by atoms with E-state index in [4.69, 9.17) is 5.11 Å². The van der Waals surface area contributed by atoms with Crippen molar-refractivity contribution in [2.24, 2.45) is 0 Å². The molecule has 1 aliphatic rings. The average Bonchev–Trinajstić information content (AvgIpc) is 2.44. The predicted octanol–water partition coefficient (Wildman–Crippen LogP) is 5.21. The fraction of sp³-hybridized carbons (Fsp3) is 0.684. The Morgan fingerprint density at radius 3 is 2.55 bits per heavy atom. The number of hydrogen-bond donors (Lipinski definition) is 1. The van der Waals surface area contributed by atoms with Crippen LogP contribution in [0.15, 0.2) is 23.3 Å². The van der Waals surface area contributed by atoms with Gasteiger partial charge < -0.3 is 5.11 Å². The van der Waals surface area contributed by atoms with Gasteiger partial charge in [-0.1, -0.05) is 51.5 Å². The van der Waals surface area contributed by atoms with Gasteiger partial charge in [-0.3, -0.25) is 4.79 Å². The minimum absolute atomic E-state index is 0.0280. The summed E-state index contributed by atoms with van der Waals surface area (Å²) >= 11 is 0. The summed E-state index contributed by atoms with van der Waals surface area (Å²) in [6.07, 6.45) is 15.6. The molecule has 0 aromatic carbocycles. The fourth-order valence-corrected chi connectivity index (χ4v) is 2.92. The van der Waals surface area contributed by atoms with E-state index in [1.807, 2.05) is 6.08 Å². The number of aliphatic carboxylic acids is 1. The van der Waals surface area contributed by atoms with E-state index in [9.17, 15) is 9.59 Å². The summed E-state index contributed by atoms with van der Waals surface area (Å²) in [5.41, 5.74) is 1.32. The van der Waals surface area contributed by atoms with Gasteiger partial charge in [-0.2, -0.15) is 0 Å². The zero-order valence-electron chi connectivity index (χ0n) is 13.9. The Bertz CT molecular complexity index is 418. The smallest absolute Gasteiger partial charge is 0.328 e. The van der Waals surface area contributed by atoms with Crippen LogP contribution < -0.4 is 0 Å². The molecule has 0 amide bonds. The van der Waals surface area contributed by atoms with Gasteiger partial charge >= 0.3 is 5.97 Å². The van der Waals surface area contributed by atoms with Crippen LogP contribution >= 0.6 is 0 Å². The van der Waals surface area contributed by atoms with Crippen molar-refractivity contribution in [2.45, 2.75) is 84.0 Å². The number of carbonyl (C=O) groups excluding carboxylic acids is 1. The van der Waals surface area contributed by atoms with E-state index < -0.39 is 5.97 Å². The molecule has 0 aliphatic heterocycles. The molecule has 1 aliphatic carbocycles. The molecule has 0 fully saturated rings. The Morgan fingerprint density at radius 2 is 1.82 bits per heavy atom. The molecule has 3 heteroatoms. The number of rotatable bonds is 9. The van der Waals surface area contributed by atoms with Crippen LogP contribution in [0.1, 0.15) is 84.0 Å². The molecule has 0 unspecified atom stereocenters. The summed E-state index contributed by atoms with van der Waals surface area (Å²) in [7, 11) is 0. The Morgan fingerprint density at radius 1 is 1.09 bits per heavy atom. The highest BCUT2D eigenvalue weighted by Gasteiger charge is 2.16. The van der Waals surface area contributed by atoms with Crippen molar-refractivity contribution in [3.05, 3.63) is 23.3 Å². The number of carboxylic acids is 1. The maximum Gasteiger partial charge on any atom is 0.328 e. The molecular formula is C19H30O3. The van der Waals surface area contributed by atoms with Crippen LogP contribution in [-0.2, 0) is 9.59 Å². The number of ketones is 1. The second-order valence-corrected chi connectivity index (χ2v) is 6.18. The van der Waals surface area contributed by atoms with Gasteiger partial charge in [-0.05, 0) is 44.1 Å². The van der Waals surface area contributed by atoms with Crippen LogP contribution in [0.2, 0.25) is 0 Å². The van der Waals surface area contributed by atoms with Crippen molar-refractivity contribution in [3.8, 4) is 0 Å². The number of Topliss-reactive ketones (excluding diaryl/α,β-unsaturated/α-hetero) is 1. The van der Waals surface area contributed by atoms with E-state index in [0.29, 0.717) is 12.0 Å². The first kappa shape index (κ1) is 18.7. The quantitative estimate of drug-likeness (QED) is 0.470. The van der Waals surface area contributed by atoms with Crippen molar-refractivity contribution in [3.63, 3.8) is 0 Å². The second-order valence-electron chi connectivity index (χ2n) is 6.18. The number of unbranched alkanes of at least 4 members (excludes halogenated alkanes) is 4. The Kier molecular flexibility index (Phi) is 9.52. The molecule has 3 nitrogen and oxygen atoms in total. The van der Waals surface area contributed by atoms with Gasteiger partial charge in [-0.15, -0.1) is 0 Å². The molecule has 0 aromatic heterocycles. The molecule has 0 radical (unpaired) electrons. The van der Waals surface area contributed by atoms with Crippen LogP contribution in [0.25, 0.3) is 0 Å². The van der Waals surface area contributed by atoms with E-state index in [-0.39, 0.29) is 5.78 Å². The van der Waals surface area contributed by atoms with Crippen LogP contribution in [-0.4, -0.2) is 16.9 Å². The van der Waals surface area contributed by atoms with Gasteiger partial charge in [0.2, 0.25) is 0 Å². The second kappa shape index (κ2) is 11.2. The lowest BCUT2D eigenvalue weighted by Gasteiger charge is -2.12. The van der Waals surface area contributed by atoms with Crippen molar-refractivity contribution in [2.75, 3.05) is 0 Å². The lowest BCUT2D eigenvalue weighted by molar-refractivity contribution is -0.131. The SMILES string of the molecule is CCCCCCCC(=CC(=O)O)C(=O)C1=CCCCCCC1. The maximum absolute atomic E-state index is 12.6. The third-order valence-corrected chi connectivity index (χ3v) is 4.22. The molecule has 0 atom stereocenters. The summed E-state index contributed by atoms with van der Waals surface area (Å²) in [4.78, 5) is 23.6. The molecule has 124 valence electrons. The minimum atomic E-state index is -1.01. The standard InChI is InChI=1S/C19H30O3/c1-2-3-4-6-11-14-17(15-18(20)21)19(22)16-12-9-7-5-8-10-13-16/h12,15H,2-11,13-14H2,1H3,(H,20,21). The number of allylic oxidation sites excluding steroid dienone is 3. The third kappa shape index (κ3) is 7.58. The molecule has 0 heterocycles. The van der Waals surface area contributed by atoms with E-state index in [1.165, 1.54) is 25.7 Å². The largest absolute Gasteiger partial charge is 0.478 e. The Balaban J connectivity index is 2.65. The number of carboxylic acid groups (broad SMARTS) is 1. The van der Waals surface area contributed by atoms with Crippen molar-refractivity contribution in [1.82, 2.24) is 0 Å². The van der Waals surface area contributed by atoms with E-state index >= 15 is 0 Å². The molecule has 22 heavy (non-hydrogen) atoms. The molecule has 0 spiro atoms. The minimum Gasteiger partial charge on any atom is -0.478 e. The first-order valence-electron chi connectivity index (χ1n) is 8.82. The summed E-state index contributed by atoms with van der Waals surface area (Å²) in [6.45, 7) is 2.17. The predicted molar refractivity (Wildman–Crippen MR) is 89.9 cm³/mol. The fourth-order valence-electron chi connectivity index (χ4n) is 2.92. The molecule has 1 rings (SSSR count). The molecule has 0 saturated carbocycles. The van der Waals surface area contributed by atoms with Gasteiger partial charge in [0.25, 0.3) is 0 Å². The first-order valence-corrected chi connectivity index (χ1v) is 8.82. The van der Waals surface area contributed by atoms with Gasteiger partial charge in [-0.25, -0.2) is 4.79 Å². The summed E-state index contributed by atoms with van der Waals surface area (Å²) in [5.74, 6) is -1.04. The normalized spacial score (nSPS) is 16.6. The zero-order chi connectivity index (χ0) is 16.2. The van der Waals surface area contributed by atoms with Gasteiger partial charge in [0.15, 0.2) is 5.78 Å². The average molecular weight is 306 g/mol. The van der Waals surface area contributed by atoms with Crippen molar-refractivity contribution < 1.29 is 14.7 Å². The van der Waals surface area contributed by atoms with Gasteiger partial charge in [0.05, 0.1) is 0 Å². The van der Waals surface area contributed by atoms with Crippen LogP contribution in [0.4, 0.5) is 0 Å². The molecule has 0 aromatic rings. The Hall–Kier alpha value is -1.38. The molecule has 0 saturated heterocycles. The van der Waals surface area contributed by atoms with E-state index in [0.717, 1.165) is 56.6 Å². The van der Waals surface area contributed by atoms with Crippen molar-refractivity contribution in [1.29, 1.82) is 0 Å². The van der Waals surface area contributed by atoms with Crippen LogP contribution in [0, 0.1) is 0 Å².